The van der Waals surface area contributed by atoms with Crippen LogP contribution >= 0.6 is 0 Å². The Bertz CT molecular complexity index is 544. The van der Waals surface area contributed by atoms with Crippen molar-refractivity contribution < 1.29 is 0 Å². The molecule has 2 rings (SSSR count). The third-order valence-electron chi connectivity index (χ3n) is 7.20. The van der Waals surface area contributed by atoms with Crippen LogP contribution in [0.3, 0.4) is 0 Å². The summed E-state index contributed by atoms with van der Waals surface area (Å²) in [7, 11) is 0. The van der Waals surface area contributed by atoms with Crippen LogP contribution in [0, 0.1) is 47.4 Å². The van der Waals surface area contributed by atoms with Gasteiger partial charge in [0.1, 0.15) is 0 Å². The minimum atomic E-state index is 0.627. The third kappa shape index (κ3) is 11.0. The average Bonchev–Trinajstić information content (AvgIpc) is 2.76. The zero-order chi connectivity index (χ0) is 20.6. The van der Waals surface area contributed by atoms with Crippen molar-refractivity contribution in [2.75, 3.05) is 0 Å². The van der Waals surface area contributed by atoms with E-state index in [4.69, 9.17) is 0 Å². The van der Waals surface area contributed by atoms with Gasteiger partial charge in [0.15, 0.2) is 0 Å². The lowest BCUT2D eigenvalue weighted by molar-refractivity contribution is 0.294. The molecule has 0 unspecified atom stereocenters. The Balaban J connectivity index is 1.56. The number of rotatable bonds is 9. The average molecular weight is 395 g/mol. The maximum Gasteiger partial charge on any atom is 0.0206 e. The van der Waals surface area contributed by atoms with Crippen LogP contribution in [0.15, 0.2) is 12.2 Å². The molecule has 0 bridgehead atoms. The second-order valence-electron chi connectivity index (χ2n) is 9.69. The first-order valence-corrected chi connectivity index (χ1v) is 13.0. The van der Waals surface area contributed by atoms with E-state index in [1.807, 2.05) is 12.2 Å². The molecule has 0 amide bonds. The summed E-state index contributed by atoms with van der Waals surface area (Å²) in [5.41, 5.74) is 0. The standard InChI is InChI=1S/C29H46/c1-3-5-7-11-15-27-22-24-29(25-23-27)17-13-9-8-12-16-28-20-18-26(19-21-28)14-10-6-4-2/h8-9,26-29H,3-7,10-11,14-15,18-25H2,1-2H3. The zero-order valence-electron chi connectivity index (χ0n) is 19.5. The maximum atomic E-state index is 3.48. The minimum Gasteiger partial charge on any atom is -0.0951 e. The van der Waals surface area contributed by atoms with Crippen LogP contribution < -0.4 is 0 Å². The second-order valence-corrected chi connectivity index (χ2v) is 9.69. The van der Waals surface area contributed by atoms with Gasteiger partial charge in [-0.2, -0.15) is 0 Å². The van der Waals surface area contributed by atoms with Gasteiger partial charge in [-0.1, -0.05) is 95.3 Å². The summed E-state index contributed by atoms with van der Waals surface area (Å²) < 4.78 is 0. The molecule has 0 aromatic heterocycles. The number of allylic oxidation sites excluding steroid dienone is 2. The van der Waals surface area contributed by atoms with Crippen molar-refractivity contribution in [1.82, 2.24) is 0 Å². The highest BCUT2D eigenvalue weighted by molar-refractivity contribution is 5.26. The highest BCUT2D eigenvalue weighted by Crippen LogP contribution is 2.32. The molecule has 2 aliphatic carbocycles. The quantitative estimate of drug-likeness (QED) is 0.271. The van der Waals surface area contributed by atoms with E-state index in [9.17, 15) is 0 Å². The molecule has 29 heavy (non-hydrogen) atoms. The van der Waals surface area contributed by atoms with Crippen molar-refractivity contribution in [3.05, 3.63) is 12.2 Å². The molecule has 0 nitrogen and oxygen atoms in total. The summed E-state index contributed by atoms with van der Waals surface area (Å²) in [6.45, 7) is 4.59. The van der Waals surface area contributed by atoms with E-state index in [0.717, 1.165) is 11.8 Å². The Morgan fingerprint density at radius 1 is 0.552 bits per heavy atom. The van der Waals surface area contributed by atoms with Gasteiger partial charge in [-0.3, -0.25) is 0 Å². The summed E-state index contributed by atoms with van der Waals surface area (Å²) in [5.74, 6) is 16.7. The van der Waals surface area contributed by atoms with Crippen LogP contribution in [0.4, 0.5) is 0 Å². The molecule has 0 radical (unpaired) electrons. The highest BCUT2D eigenvalue weighted by Gasteiger charge is 2.20. The molecule has 0 N–H and O–H groups in total. The molecule has 0 atom stereocenters. The van der Waals surface area contributed by atoms with Gasteiger partial charge in [0, 0.05) is 11.8 Å². The molecule has 0 aromatic rings. The van der Waals surface area contributed by atoms with Crippen LogP contribution in [-0.2, 0) is 0 Å². The van der Waals surface area contributed by atoms with E-state index >= 15 is 0 Å². The van der Waals surface area contributed by atoms with Crippen molar-refractivity contribution in [3.63, 3.8) is 0 Å². The van der Waals surface area contributed by atoms with Crippen LogP contribution in [0.2, 0.25) is 0 Å². The van der Waals surface area contributed by atoms with Crippen molar-refractivity contribution >= 4 is 0 Å². The zero-order valence-corrected chi connectivity index (χ0v) is 19.5. The van der Waals surface area contributed by atoms with E-state index in [2.05, 4.69) is 37.5 Å². The van der Waals surface area contributed by atoms with Gasteiger partial charge in [0.25, 0.3) is 0 Å². The number of hydrogen-bond donors (Lipinski definition) is 0. The molecule has 162 valence electrons. The lowest BCUT2D eigenvalue weighted by Crippen LogP contribution is -2.13. The maximum absolute atomic E-state index is 3.48. The van der Waals surface area contributed by atoms with Gasteiger partial charge in [0.2, 0.25) is 0 Å². The molecule has 2 aliphatic rings. The predicted molar refractivity (Wildman–Crippen MR) is 128 cm³/mol. The van der Waals surface area contributed by atoms with E-state index in [1.54, 1.807) is 0 Å². The Hall–Kier alpha value is -1.14. The van der Waals surface area contributed by atoms with Crippen LogP contribution in [0.25, 0.3) is 0 Å². The molecule has 2 saturated carbocycles. The van der Waals surface area contributed by atoms with Crippen LogP contribution in [0.5, 0.6) is 0 Å². The first kappa shape index (κ1) is 24.1. The van der Waals surface area contributed by atoms with Crippen molar-refractivity contribution in [1.29, 1.82) is 0 Å². The Morgan fingerprint density at radius 2 is 0.966 bits per heavy atom. The predicted octanol–water partition coefficient (Wildman–Crippen LogP) is 8.71. The van der Waals surface area contributed by atoms with Crippen LogP contribution in [0.1, 0.15) is 123 Å². The summed E-state index contributed by atoms with van der Waals surface area (Å²) in [4.78, 5) is 0. The number of unbranched alkanes of at least 4 members (excludes halogenated alkanes) is 5. The highest BCUT2D eigenvalue weighted by atomic mass is 14.2. The van der Waals surface area contributed by atoms with E-state index in [1.165, 1.54) is 109 Å². The van der Waals surface area contributed by atoms with Crippen molar-refractivity contribution in [2.45, 2.75) is 123 Å². The fourth-order valence-corrected chi connectivity index (χ4v) is 5.15. The molecule has 0 heterocycles. The smallest absolute Gasteiger partial charge is 0.0206 e. The Morgan fingerprint density at radius 3 is 1.41 bits per heavy atom. The summed E-state index contributed by atoms with van der Waals surface area (Å²) in [6.07, 6.45) is 27.5. The Kier molecular flexibility index (Phi) is 13.0. The fraction of sp³-hybridized carbons (Fsp3) is 0.793. The van der Waals surface area contributed by atoms with Crippen molar-refractivity contribution in [3.8, 4) is 23.7 Å². The van der Waals surface area contributed by atoms with E-state index < -0.39 is 0 Å². The van der Waals surface area contributed by atoms with Gasteiger partial charge >= 0.3 is 0 Å². The number of hydrogen-bond acceptors (Lipinski definition) is 0. The van der Waals surface area contributed by atoms with E-state index in [-0.39, 0.29) is 0 Å². The summed E-state index contributed by atoms with van der Waals surface area (Å²) >= 11 is 0. The lowest BCUT2D eigenvalue weighted by atomic mass is 9.80. The third-order valence-corrected chi connectivity index (χ3v) is 7.20. The summed E-state index contributed by atoms with van der Waals surface area (Å²) in [6, 6.07) is 0. The largest absolute Gasteiger partial charge is 0.0951 e. The van der Waals surface area contributed by atoms with Gasteiger partial charge in [-0.15, -0.1) is 0 Å². The first-order valence-electron chi connectivity index (χ1n) is 13.0. The summed E-state index contributed by atoms with van der Waals surface area (Å²) in [5, 5.41) is 0. The van der Waals surface area contributed by atoms with Gasteiger partial charge < -0.3 is 0 Å². The Labute approximate surface area is 182 Å². The first-order chi connectivity index (χ1) is 14.3. The van der Waals surface area contributed by atoms with Gasteiger partial charge in [0.05, 0.1) is 0 Å². The molecule has 0 saturated heterocycles. The molecule has 0 spiro atoms. The fourth-order valence-electron chi connectivity index (χ4n) is 5.15. The van der Waals surface area contributed by atoms with Gasteiger partial charge in [-0.05, 0) is 75.4 Å². The monoisotopic (exact) mass is 394 g/mol. The van der Waals surface area contributed by atoms with Crippen molar-refractivity contribution in [2.24, 2.45) is 23.7 Å². The lowest BCUT2D eigenvalue weighted by Gasteiger charge is -2.25. The minimum absolute atomic E-state index is 0.627. The topological polar surface area (TPSA) is 0 Å². The SMILES string of the molecule is CCCCCCC1CCC(C#CC=CC#CC2CCC(CCCCC)CC2)CC1. The van der Waals surface area contributed by atoms with E-state index in [0.29, 0.717) is 11.8 Å². The van der Waals surface area contributed by atoms with Gasteiger partial charge in [-0.25, -0.2) is 0 Å². The van der Waals surface area contributed by atoms with Crippen LogP contribution in [-0.4, -0.2) is 0 Å². The molecule has 0 aromatic carbocycles. The molecule has 2 fully saturated rings. The molecular weight excluding hydrogens is 348 g/mol. The molecular formula is C29H46. The normalized spacial score (nSPS) is 27.1. The molecule has 0 aliphatic heterocycles. The molecule has 0 heteroatoms. The second kappa shape index (κ2) is 15.7.